The van der Waals surface area contributed by atoms with Crippen LogP contribution in [0.25, 0.3) is 0 Å². The van der Waals surface area contributed by atoms with Gasteiger partial charge >= 0.3 is 0 Å². The fourth-order valence-electron chi connectivity index (χ4n) is 4.32. The Morgan fingerprint density at radius 3 is 2.15 bits per heavy atom. The molecule has 0 aromatic heterocycles. The average Bonchev–Trinajstić information content (AvgIpc) is 2.63. The van der Waals surface area contributed by atoms with E-state index in [-0.39, 0.29) is 0 Å². The molecule has 0 saturated heterocycles. The molecule has 1 atom stereocenters. The monoisotopic (exact) mass is 280 g/mol. The molecule has 0 amide bonds. The first-order valence-electron chi connectivity index (χ1n) is 9.10. The van der Waals surface area contributed by atoms with Crippen LogP contribution in [0.2, 0.25) is 0 Å². The molecule has 0 aliphatic heterocycles. The molecule has 2 nitrogen and oxygen atoms in total. The van der Waals surface area contributed by atoms with Crippen molar-refractivity contribution in [3.63, 3.8) is 0 Å². The van der Waals surface area contributed by atoms with E-state index in [4.69, 9.17) is 0 Å². The Balaban J connectivity index is 2.10. The Bertz CT molecular complexity index is 263. The van der Waals surface area contributed by atoms with Gasteiger partial charge in [-0.05, 0) is 52.2 Å². The van der Waals surface area contributed by atoms with Gasteiger partial charge < -0.3 is 10.2 Å². The van der Waals surface area contributed by atoms with Crippen molar-refractivity contribution < 1.29 is 0 Å². The summed E-state index contributed by atoms with van der Waals surface area (Å²) >= 11 is 0. The van der Waals surface area contributed by atoms with Gasteiger partial charge in [0, 0.05) is 11.6 Å². The van der Waals surface area contributed by atoms with E-state index >= 15 is 0 Å². The van der Waals surface area contributed by atoms with E-state index in [1.165, 1.54) is 77.2 Å². The Kier molecular flexibility index (Phi) is 6.35. The normalized spacial score (nSPS) is 25.2. The molecule has 2 heteroatoms. The highest BCUT2D eigenvalue weighted by molar-refractivity contribution is 5.01. The summed E-state index contributed by atoms with van der Waals surface area (Å²) in [4.78, 5) is 2.57. The summed E-state index contributed by atoms with van der Waals surface area (Å²) in [6.45, 7) is 3.48. The Labute approximate surface area is 126 Å². The molecule has 2 fully saturated rings. The van der Waals surface area contributed by atoms with E-state index < -0.39 is 0 Å². The van der Waals surface area contributed by atoms with Crippen molar-refractivity contribution >= 4 is 0 Å². The summed E-state index contributed by atoms with van der Waals surface area (Å²) in [5.74, 6) is 1.00. The van der Waals surface area contributed by atoms with Crippen LogP contribution in [-0.4, -0.2) is 37.1 Å². The minimum Gasteiger partial charge on any atom is -0.312 e. The molecular formula is C18H36N2. The third kappa shape index (κ3) is 3.76. The summed E-state index contributed by atoms with van der Waals surface area (Å²) in [6.07, 6.45) is 15.6. The van der Waals surface area contributed by atoms with Gasteiger partial charge in [-0.3, -0.25) is 0 Å². The molecule has 0 radical (unpaired) electrons. The number of hydrogen-bond acceptors (Lipinski definition) is 2. The second-order valence-electron chi connectivity index (χ2n) is 7.45. The zero-order chi connectivity index (χ0) is 14.4. The molecule has 0 spiro atoms. The van der Waals surface area contributed by atoms with Crippen molar-refractivity contribution in [3.8, 4) is 0 Å². The molecule has 2 saturated carbocycles. The molecule has 2 rings (SSSR count). The standard InChI is InChI=1S/C18H36N2/c1-4-14-19-17(15-16-10-9-11-16)18(20(2)3)12-7-5-6-8-13-18/h16-17,19H,4-15H2,1-3H3. The molecule has 1 N–H and O–H groups in total. The van der Waals surface area contributed by atoms with Gasteiger partial charge in [-0.25, -0.2) is 0 Å². The average molecular weight is 280 g/mol. The van der Waals surface area contributed by atoms with Gasteiger partial charge in [0.05, 0.1) is 0 Å². The van der Waals surface area contributed by atoms with E-state index in [1.807, 2.05) is 0 Å². The van der Waals surface area contributed by atoms with E-state index in [0.29, 0.717) is 11.6 Å². The minimum absolute atomic E-state index is 0.418. The quantitative estimate of drug-likeness (QED) is 0.703. The second kappa shape index (κ2) is 7.79. The van der Waals surface area contributed by atoms with Crippen LogP contribution >= 0.6 is 0 Å². The fourth-order valence-corrected chi connectivity index (χ4v) is 4.32. The minimum atomic E-state index is 0.418. The molecule has 0 aromatic rings. The summed E-state index contributed by atoms with van der Waals surface area (Å²) in [7, 11) is 4.65. The highest BCUT2D eigenvalue weighted by atomic mass is 15.2. The van der Waals surface area contributed by atoms with Crippen LogP contribution in [0.1, 0.15) is 77.6 Å². The van der Waals surface area contributed by atoms with Crippen molar-refractivity contribution in [2.45, 2.75) is 89.1 Å². The smallest absolute Gasteiger partial charge is 0.0356 e. The molecule has 0 bridgehead atoms. The van der Waals surface area contributed by atoms with E-state index in [9.17, 15) is 0 Å². The van der Waals surface area contributed by atoms with E-state index in [1.54, 1.807) is 0 Å². The van der Waals surface area contributed by atoms with Crippen LogP contribution in [0.4, 0.5) is 0 Å². The number of nitrogens with one attached hydrogen (secondary N) is 1. The Hall–Kier alpha value is -0.0800. The first-order valence-corrected chi connectivity index (χ1v) is 9.10. The number of likely N-dealkylation sites (N-methyl/N-ethyl adjacent to an activating group) is 1. The first-order chi connectivity index (χ1) is 9.69. The van der Waals surface area contributed by atoms with Crippen LogP contribution in [0, 0.1) is 5.92 Å². The Morgan fingerprint density at radius 1 is 1.05 bits per heavy atom. The van der Waals surface area contributed by atoms with Gasteiger partial charge in [0.1, 0.15) is 0 Å². The topological polar surface area (TPSA) is 15.3 Å². The maximum atomic E-state index is 3.95. The van der Waals surface area contributed by atoms with Crippen LogP contribution < -0.4 is 5.32 Å². The lowest BCUT2D eigenvalue weighted by Crippen LogP contribution is -2.59. The van der Waals surface area contributed by atoms with Gasteiger partial charge in [-0.1, -0.05) is 51.9 Å². The molecule has 0 heterocycles. The summed E-state index contributed by atoms with van der Waals surface area (Å²) in [5, 5.41) is 3.95. The third-order valence-electron chi connectivity index (χ3n) is 5.94. The van der Waals surface area contributed by atoms with Crippen LogP contribution in [-0.2, 0) is 0 Å². The highest BCUT2D eigenvalue weighted by Gasteiger charge is 2.41. The van der Waals surface area contributed by atoms with Crippen molar-refractivity contribution in [2.24, 2.45) is 5.92 Å². The van der Waals surface area contributed by atoms with Crippen molar-refractivity contribution in [1.82, 2.24) is 10.2 Å². The van der Waals surface area contributed by atoms with Gasteiger partial charge in [0.25, 0.3) is 0 Å². The second-order valence-corrected chi connectivity index (χ2v) is 7.45. The van der Waals surface area contributed by atoms with Gasteiger partial charge in [0.15, 0.2) is 0 Å². The molecular weight excluding hydrogens is 244 g/mol. The van der Waals surface area contributed by atoms with E-state index in [2.05, 4.69) is 31.2 Å². The van der Waals surface area contributed by atoms with Gasteiger partial charge in [-0.2, -0.15) is 0 Å². The first kappa shape index (κ1) is 16.3. The number of hydrogen-bond donors (Lipinski definition) is 1. The largest absolute Gasteiger partial charge is 0.312 e. The van der Waals surface area contributed by atoms with Gasteiger partial charge in [0.2, 0.25) is 0 Å². The third-order valence-corrected chi connectivity index (χ3v) is 5.94. The summed E-state index contributed by atoms with van der Waals surface area (Å²) in [6, 6.07) is 0.709. The molecule has 1 unspecified atom stereocenters. The number of nitrogens with zero attached hydrogens (tertiary/aromatic N) is 1. The van der Waals surface area contributed by atoms with Crippen LogP contribution in [0.3, 0.4) is 0 Å². The zero-order valence-corrected chi connectivity index (χ0v) is 14.1. The van der Waals surface area contributed by atoms with Crippen LogP contribution in [0.15, 0.2) is 0 Å². The summed E-state index contributed by atoms with van der Waals surface area (Å²) in [5.41, 5.74) is 0.418. The lowest BCUT2D eigenvalue weighted by molar-refractivity contribution is 0.0604. The lowest BCUT2D eigenvalue weighted by atomic mass is 9.72. The van der Waals surface area contributed by atoms with Crippen molar-refractivity contribution in [2.75, 3.05) is 20.6 Å². The predicted octanol–water partition coefficient (Wildman–Crippen LogP) is 4.20. The summed E-state index contributed by atoms with van der Waals surface area (Å²) < 4.78 is 0. The van der Waals surface area contributed by atoms with Gasteiger partial charge in [-0.15, -0.1) is 0 Å². The Morgan fingerprint density at radius 2 is 1.70 bits per heavy atom. The molecule has 0 aromatic carbocycles. The fraction of sp³-hybridized carbons (Fsp3) is 1.00. The molecule has 118 valence electrons. The van der Waals surface area contributed by atoms with Crippen molar-refractivity contribution in [3.05, 3.63) is 0 Å². The SMILES string of the molecule is CCCNC(CC1CCC1)C1(N(C)C)CCCCCC1. The zero-order valence-electron chi connectivity index (χ0n) is 14.1. The molecule has 20 heavy (non-hydrogen) atoms. The van der Waals surface area contributed by atoms with Crippen molar-refractivity contribution in [1.29, 1.82) is 0 Å². The van der Waals surface area contributed by atoms with E-state index in [0.717, 1.165) is 5.92 Å². The predicted molar refractivity (Wildman–Crippen MR) is 88.2 cm³/mol. The maximum absolute atomic E-state index is 3.95. The molecule has 2 aliphatic rings. The highest BCUT2D eigenvalue weighted by Crippen LogP contribution is 2.39. The van der Waals surface area contributed by atoms with Crippen LogP contribution in [0.5, 0.6) is 0 Å². The lowest BCUT2D eigenvalue weighted by Gasteiger charge is -2.48. The number of rotatable bonds is 7. The molecule has 2 aliphatic carbocycles. The maximum Gasteiger partial charge on any atom is 0.0356 e.